The molecule has 4 nitrogen and oxygen atoms in total. The van der Waals surface area contributed by atoms with Crippen LogP contribution in [0.2, 0.25) is 0 Å². The molecule has 1 amide bonds. The van der Waals surface area contributed by atoms with Crippen molar-refractivity contribution in [2.75, 3.05) is 6.54 Å². The molecule has 5 heteroatoms. The summed E-state index contributed by atoms with van der Waals surface area (Å²) >= 11 is 1.51. The molecule has 0 atom stereocenters. The fourth-order valence-corrected chi connectivity index (χ4v) is 4.20. The zero-order valence-electron chi connectivity index (χ0n) is 13.6. The molecule has 3 rings (SSSR count). The molecule has 122 valence electrons. The van der Waals surface area contributed by atoms with E-state index in [1.54, 1.807) is 13.2 Å². The van der Waals surface area contributed by atoms with Crippen molar-refractivity contribution in [3.8, 4) is 0 Å². The summed E-state index contributed by atoms with van der Waals surface area (Å²) in [7, 11) is 1.71. The van der Waals surface area contributed by atoms with Crippen LogP contribution in [0.15, 0.2) is 28.7 Å². The van der Waals surface area contributed by atoms with Gasteiger partial charge in [0.2, 0.25) is 0 Å². The molecule has 0 bridgehead atoms. The molecule has 0 saturated carbocycles. The van der Waals surface area contributed by atoms with Gasteiger partial charge in [-0.25, -0.2) is 0 Å². The summed E-state index contributed by atoms with van der Waals surface area (Å²) in [6.07, 6.45) is 9.80. The van der Waals surface area contributed by atoms with E-state index in [4.69, 9.17) is 0 Å². The normalized spacial score (nSPS) is 14.8. The van der Waals surface area contributed by atoms with Gasteiger partial charge in [-0.1, -0.05) is 11.6 Å². The van der Waals surface area contributed by atoms with E-state index in [9.17, 15) is 9.59 Å². The minimum absolute atomic E-state index is 0.105. The van der Waals surface area contributed by atoms with E-state index in [2.05, 4.69) is 11.4 Å². The van der Waals surface area contributed by atoms with E-state index in [0.29, 0.717) is 17.5 Å². The summed E-state index contributed by atoms with van der Waals surface area (Å²) in [4.78, 5) is 25.8. The predicted molar refractivity (Wildman–Crippen MR) is 95.3 cm³/mol. The third-order valence-electron chi connectivity index (χ3n) is 4.44. The number of nitrogens with zero attached hydrogens (tertiary/aromatic N) is 1. The lowest BCUT2D eigenvalue weighted by Crippen LogP contribution is -2.27. The number of carbonyl (C=O) groups is 1. The van der Waals surface area contributed by atoms with Crippen molar-refractivity contribution in [2.24, 2.45) is 7.05 Å². The number of hydrogen-bond donors (Lipinski definition) is 1. The molecule has 23 heavy (non-hydrogen) atoms. The summed E-state index contributed by atoms with van der Waals surface area (Å²) in [6, 6.07) is 1.90. The highest BCUT2D eigenvalue weighted by Gasteiger charge is 2.19. The van der Waals surface area contributed by atoms with Crippen molar-refractivity contribution in [3.63, 3.8) is 0 Å². The maximum Gasteiger partial charge on any atom is 0.259 e. The number of allylic oxidation sites excluding steroid dienone is 1. The van der Waals surface area contributed by atoms with Crippen LogP contribution in [-0.4, -0.2) is 17.0 Å². The topological polar surface area (TPSA) is 51.1 Å². The molecule has 1 N–H and O–H groups in total. The second-order valence-corrected chi connectivity index (χ2v) is 7.37. The standard InChI is InChI=1S/C18H22N2O2S/c1-12-15(16-14(23-12)9-11-20(2)18(16)22)17(21)19-10-8-13-6-4-3-5-7-13/h6,9,11H,3-5,7-8,10H2,1-2H3,(H,19,21). The summed E-state index contributed by atoms with van der Waals surface area (Å²) < 4.78 is 2.41. The fraction of sp³-hybridized carbons (Fsp3) is 0.444. The number of fused-ring (bicyclic) bond motifs is 1. The van der Waals surface area contributed by atoms with Crippen molar-refractivity contribution in [1.29, 1.82) is 0 Å². The average molecular weight is 330 g/mol. The van der Waals surface area contributed by atoms with Gasteiger partial charge in [0, 0.05) is 29.4 Å². The number of thiophene rings is 1. The highest BCUT2D eigenvalue weighted by atomic mass is 32.1. The van der Waals surface area contributed by atoms with E-state index in [0.717, 1.165) is 28.8 Å². The summed E-state index contributed by atoms with van der Waals surface area (Å²) in [5, 5.41) is 3.54. The monoisotopic (exact) mass is 330 g/mol. The lowest BCUT2D eigenvalue weighted by Gasteiger charge is -2.13. The average Bonchev–Trinajstić information content (AvgIpc) is 2.89. The highest BCUT2D eigenvalue weighted by Crippen LogP contribution is 2.28. The van der Waals surface area contributed by atoms with Gasteiger partial charge in [0.15, 0.2) is 0 Å². The van der Waals surface area contributed by atoms with Crippen molar-refractivity contribution in [3.05, 3.63) is 44.7 Å². The molecule has 0 fully saturated rings. The Balaban J connectivity index is 1.78. The van der Waals surface area contributed by atoms with Gasteiger partial charge >= 0.3 is 0 Å². The Morgan fingerprint density at radius 2 is 2.22 bits per heavy atom. The maximum atomic E-state index is 12.6. The second-order valence-electron chi connectivity index (χ2n) is 6.12. The fourth-order valence-electron chi connectivity index (χ4n) is 3.15. The molecule has 1 aliphatic rings. The summed E-state index contributed by atoms with van der Waals surface area (Å²) in [5.41, 5.74) is 1.88. The maximum absolute atomic E-state index is 12.6. The Hall–Kier alpha value is -1.88. The van der Waals surface area contributed by atoms with Crippen LogP contribution >= 0.6 is 11.3 Å². The zero-order valence-corrected chi connectivity index (χ0v) is 14.5. The lowest BCUT2D eigenvalue weighted by atomic mass is 9.97. The molecule has 2 heterocycles. The van der Waals surface area contributed by atoms with Crippen LogP contribution in [-0.2, 0) is 7.05 Å². The first-order valence-electron chi connectivity index (χ1n) is 8.13. The first kappa shape index (κ1) is 16.0. The van der Waals surface area contributed by atoms with Gasteiger partial charge in [0.25, 0.3) is 11.5 Å². The van der Waals surface area contributed by atoms with Gasteiger partial charge in [0.05, 0.1) is 10.9 Å². The van der Waals surface area contributed by atoms with Crippen LogP contribution in [0.1, 0.15) is 47.3 Å². The number of pyridine rings is 1. The van der Waals surface area contributed by atoms with Crippen LogP contribution in [0.3, 0.4) is 0 Å². The van der Waals surface area contributed by atoms with Gasteiger partial charge in [-0.05, 0) is 45.1 Å². The van der Waals surface area contributed by atoms with E-state index in [1.807, 2.05) is 13.0 Å². The number of hydrogen-bond acceptors (Lipinski definition) is 3. The van der Waals surface area contributed by atoms with E-state index >= 15 is 0 Å². The van der Waals surface area contributed by atoms with Crippen LogP contribution in [0.25, 0.3) is 10.1 Å². The van der Waals surface area contributed by atoms with Gasteiger partial charge in [0.1, 0.15) is 0 Å². The first-order chi connectivity index (χ1) is 11.1. The smallest absolute Gasteiger partial charge is 0.259 e. The van der Waals surface area contributed by atoms with Crippen LogP contribution in [0, 0.1) is 6.92 Å². The van der Waals surface area contributed by atoms with Gasteiger partial charge in [-0.15, -0.1) is 11.3 Å². The predicted octanol–water partition coefficient (Wildman–Crippen LogP) is 3.53. The summed E-state index contributed by atoms with van der Waals surface area (Å²) in [5.74, 6) is -0.131. The largest absolute Gasteiger partial charge is 0.352 e. The molecule has 0 spiro atoms. The molecule has 0 aliphatic heterocycles. The molecule has 0 aromatic carbocycles. The minimum atomic E-state index is -0.131. The number of rotatable bonds is 4. The minimum Gasteiger partial charge on any atom is -0.352 e. The molecule has 2 aromatic heterocycles. The molecule has 0 unspecified atom stereocenters. The van der Waals surface area contributed by atoms with Crippen molar-refractivity contribution < 1.29 is 4.79 Å². The van der Waals surface area contributed by atoms with Crippen molar-refractivity contribution in [2.45, 2.75) is 39.0 Å². The zero-order chi connectivity index (χ0) is 16.4. The molecule has 0 radical (unpaired) electrons. The second kappa shape index (κ2) is 6.71. The van der Waals surface area contributed by atoms with E-state index < -0.39 is 0 Å². The highest BCUT2D eigenvalue weighted by molar-refractivity contribution is 7.19. The SMILES string of the molecule is Cc1sc2ccn(C)c(=O)c2c1C(=O)NCCC1=CCCCC1. The number of amides is 1. The molecule has 0 saturated heterocycles. The summed E-state index contributed by atoms with van der Waals surface area (Å²) in [6.45, 7) is 2.54. The van der Waals surface area contributed by atoms with Crippen molar-refractivity contribution >= 4 is 27.3 Å². The quantitative estimate of drug-likeness (QED) is 0.872. The van der Waals surface area contributed by atoms with Gasteiger partial charge in [-0.3, -0.25) is 9.59 Å². The van der Waals surface area contributed by atoms with Crippen LogP contribution in [0.5, 0.6) is 0 Å². The third-order valence-corrected chi connectivity index (χ3v) is 5.51. The molecular formula is C18H22N2O2S. The molecule has 2 aromatic rings. The Kier molecular flexibility index (Phi) is 4.66. The van der Waals surface area contributed by atoms with Crippen molar-refractivity contribution in [1.82, 2.24) is 9.88 Å². The van der Waals surface area contributed by atoms with Crippen LogP contribution in [0.4, 0.5) is 0 Å². The number of nitrogens with one attached hydrogen (secondary N) is 1. The molecular weight excluding hydrogens is 308 g/mol. The lowest BCUT2D eigenvalue weighted by molar-refractivity contribution is 0.0955. The van der Waals surface area contributed by atoms with Gasteiger partial charge in [-0.2, -0.15) is 0 Å². The number of aryl methyl sites for hydroxylation is 2. The molecule has 1 aliphatic carbocycles. The number of aromatic nitrogens is 1. The van der Waals surface area contributed by atoms with Gasteiger partial charge < -0.3 is 9.88 Å². The Morgan fingerprint density at radius 3 is 2.96 bits per heavy atom. The number of carbonyl (C=O) groups excluding carboxylic acids is 1. The Bertz CT molecular complexity index is 829. The Morgan fingerprint density at radius 1 is 1.39 bits per heavy atom. The van der Waals surface area contributed by atoms with E-state index in [1.165, 1.54) is 34.3 Å². The van der Waals surface area contributed by atoms with E-state index in [-0.39, 0.29) is 11.5 Å². The Labute approximate surface area is 139 Å². The third kappa shape index (κ3) is 3.24. The van der Waals surface area contributed by atoms with Crippen LogP contribution < -0.4 is 10.9 Å². The first-order valence-corrected chi connectivity index (χ1v) is 8.94.